The van der Waals surface area contributed by atoms with E-state index in [1.807, 2.05) is 0 Å². The standard InChI is InChI=1S/C20H21ClN2O5S/c1-29(26,27)14-8-9-17(21)16(11-14)20(25)23-18-7-3-2-6-15(18)19(24)22-12-13-5-4-10-28-13/h2-3,6-9,11,13H,4-5,10,12H2,1H3,(H,22,24)(H,23,25). The third kappa shape index (κ3) is 5.35. The molecule has 3 rings (SSSR count). The van der Waals surface area contributed by atoms with Gasteiger partial charge in [-0.1, -0.05) is 23.7 Å². The van der Waals surface area contributed by atoms with E-state index in [9.17, 15) is 18.0 Å². The fourth-order valence-corrected chi connectivity index (χ4v) is 3.85. The van der Waals surface area contributed by atoms with Crippen LogP contribution >= 0.6 is 11.6 Å². The highest BCUT2D eigenvalue weighted by Gasteiger charge is 2.20. The summed E-state index contributed by atoms with van der Waals surface area (Å²) in [6, 6.07) is 10.5. The number of benzene rings is 2. The summed E-state index contributed by atoms with van der Waals surface area (Å²) in [7, 11) is -3.50. The molecule has 7 nitrogen and oxygen atoms in total. The van der Waals surface area contributed by atoms with Gasteiger partial charge in [-0.15, -0.1) is 0 Å². The quantitative estimate of drug-likeness (QED) is 0.725. The van der Waals surface area contributed by atoms with Crippen LogP contribution in [0.15, 0.2) is 47.4 Å². The number of sulfone groups is 1. The molecule has 0 saturated carbocycles. The Kier molecular flexibility index (Phi) is 6.56. The van der Waals surface area contributed by atoms with Gasteiger partial charge in [0.25, 0.3) is 11.8 Å². The zero-order chi connectivity index (χ0) is 21.0. The highest BCUT2D eigenvalue weighted by atomic mass is 35.5. The molecule has 29 heavy (non-hydrogen) atoms. The molecule has 2 N–H and O–H groups in total. The van der Waals surface area contributed by atoms with Gasteiger partial charge in [0, 0.05) is 19.4 Å². The number of amides is 2. The maximum atomic E-state index is 12.7. The largest absolute Gasteiger partial charge is 0.376 e. The number of halogens is 1. The highest BCUT2D eigenvalue weighted by Crippen LogP contribution is 2.23. The molecule has 1 saturated heterocycles. The molecule has 0 aromatic heterocycles. The molecule has 0 radical (unpaired) electrons. The third-order valence-electron chi connectivity index (χ3n) is 4.54. The van der Waals surface area contributed by atoms with E-state index in [1.165, 1.54) is 18.2 Å². The Labute approximate surface area is 174 Å². The van der Waals surface area contributed by atoms with Gasteiger partial charge in [0.2, 0.25) is 0 Å². The number of carbonyl (C=O) groups excluding carboxylic acids is 2. The summed E-state index contributed by atoms with van der Waals surface area (Å²) in [5.41, 5.74) is 0.585. The first-order chi connectivity index (χ1) is 13.8. The average Bonchev–Trinajstić information content (AvgIpc) is 3.19. The van der Waals surface area contributed by atoms with E-state index in [-0.39, 0.29) is 33.1 Å². The van der Waals surface area contributed by atoms with Crippen molar-refractivity contribution in [3.8, 4) is 0 Å². The van der Waals surface area contributed by atoms with Crippen LogP contribution in [0.25, 0.3) is 0 Å². The molecule has 1 unspecified atom stereocenters. The molecule has 154 valence electrons. The van der Waals surface area contributed by atoms with E-state index < -0.39 is 15.7 Å². The lowest BCUT2D eigenvalue weighted by Crippen LogP contribution is -2.32. The van der Waals surface area contributed by atoms with Crippen LogP contribution < -0.4 is 10.6 Å². The normalized spacial score (nSPS) is 16.4. The second-order valence-electron chi connectivity index (χ2n) is 6.76. The summed E-state index contributed by atoms with van der Waals surface area (Å²) in [6.07, 6.45) is 2.91. The van der Waals surface area contributed by atoms with Crippen molar-refractivity contribution in [2.45, 2.75) is 23.8 Å². The topological polar surface area (TPSA) is 102 Å². The van der Waals surface area contributed by atoms with Crippen molar-refractivity contribution in [3.63, 3.8) is 0 Å². The van der Waals surface area contributed by atoms with Gasteiger partial charge in [-0.05, 0) is 43.2 Å². The molecule has 2 aromatic rings. The lowest BCUT2D eigenvalue weighted by Gasteiger charge is -2.14. The average molecular weight is 437 g/mol. The molecule has 1 aliphatic rings. The number of rotatable bonds is 6. The van der Waals surface area contributed by atoms with Gasteiger partial charge in [-0.2, -0.15) is 0 Å². The first-order valence-corrected chi connectivity index (χ1v) is 11.3. The first-order valence-electron chi connectivity index (χ1n) is 9.05. The Balaban J connectivity index is 1.78. The Bertz CT molecular complexity index is 1030. The highest BCUT2D eigenvalue weighted by molar-refractivity contribution is 7.90. The maximum absolute atomic E-state index is 12.7. The fraction of sp³-hybridized carbons (Fsp3) is 0.300. The monoisotopic (exact) mass is 436 g/mol. The van der Waals surface area contributed by atoms with Crippen molar-refractivity contribution >= 4 is 38.9 Å². The molecule has 9 heteroatoms. The molecule has 1 fully saturated rings. The lowest BCUT2D eigenvalue weighted by molar-refractivity contribution is 0.0858. The van der Waals surface area contributed by atoms with E-state index in [4.69, 9.17) is 16.3 Å². The van der Waals surface area contributed by atoms with Gasteiger partial charge in [0.15, 0.2) is 9.84 Å². The van der Waals surface area contributed by atoms with E-state index in [1.54, 1.807) is 24.3 Å². The Morgan fingerprint density at radius 2 is 1.90 bits per heavy atom. The third-order valence-corrected chi connectivity index (χ3v) is 5.98. The number of hydrogen-bond acceptors (Lipinski definition) is 5. The summed E-state index contributed by atoms with van der Waals surface area (Å²) in [4.78, 5) is 25.3. The SMILES string of the molecule is CS(=O)(=O)c1ccc(Cl)c(C(=O)Nc2ccccc2C(=O)NCC2CCCO2)c1. The smallest absolute Gasteiger partial charge is 0.257 e. The summed E-state index contributed by atoms with van der Waals surface area (Å²) in [6.45, 7) is 1.09. The molecule has 0 bridgehead atoms. The van der Waals surface area contributed by atoms with E-state index in [2.05, 4.69) is 10.6 Å². The molecule has 0 aliphatic carbocycles. The van der Waals surface area contributed by atoms with Gasteiger partial charge in [0.05, 0.1) is 32.8 Å². The number of anilines is 1. The predicted octanol–water partition coefficient (Wildman–Crippen LogP) is 2.90. The molecular formula is C20H21ClN2O5S. The number of para-hydroxylation sites is 1. The van der Waals surface area contributed by atoms with Gasteiger partial charge < -0.3 is 15.4 Å². The number of carbonyl (C=O) groups is 2. The molecule has 1 atom stereocenters. The zero-order valence-corrected chi connectivity index (χ0v) is 17.3. The first kappa shape index (κ1) is 21.3. The number of hydrogen-bond donors (Lipinski definition) is 2. The number of nitrogens with one attached hydrogen (secondary N) is 2. The van der Waals surface area contributed by atoms with Gasteiger partial charge in [0.1, 0.15) is 0 Å². The fourth-order valence-electron chi connectivity index (χ4n) is 3.00. The van der Waals surface area contributed by atoms with Crippen LogP contribution in [0.4, 0.5) is 5.69 Å². The van der Waals surface area contributed by atoms with Crippen LogP contribution in [-0.2, 0) is 14.6 Å². The van der Waals surface area contributed by atoms with Crippen LogP contribution in [0.1, 0.15) is 33.6 Å². The van der Waals surface area contributed by atoms with Crippen LogP contribution in [0.5, 0.6) is 0 Å². The van der Waals surface area contributed by atoms with Crippen LogP contribution in [0, 0.1) is 0 Å². The van der Waals surface area contributed by atoms with Crippen LogP contribution in [0.2, 0.25) is 5.02 Å². The molecule has 1 heterocycles. The van der Waals surface area contributed by atoms with Crippen molar-refractivity contribution in [1.82, 2.24) is 5.32 Å². The van der Waals surface area contributed by atoms with Crippen molar-refractivity contribution in [1.29, 1.82) is 0 Å². The van der Waals surface area contributed by atoms with Crippen molar-refractivity contribution in [2.24, 2.45) is 0 Å². The van der Waals surface area contributed by atoms with Crippen molar-refractivity contribution in [3.05, 3.63) is 58.6 Å². The lowest BCUT2D eigenvalue weighted by atomic mass is 10.1. The number of ether oxygens (including phenoxy) is 1. The van der Waals surface area contributed by atoms with Gasteiger partial charge in [-0.25, -0.2) is 8.42 Å². The minimum absolute atomic E-state index is 0.00163. The molecule has 2 amide bonds. The van der Waals surface area contributed by atoms with E-state index in [0.29, 0.717) is 18.8 Å². The van der Waals surface area contributed by atoms with Crippen molar-refractivity contribution in [2.75, 3.05) is 24.7 Å². The van der Waals surface area contributed by atoms with Gasteiger partial charge >= 0.3 is 0 Å². The summed E-state index contributed by atoms with van der Waals surface area (Å²) < 4.78 is 29.0. The molecule has 0 spiro atoms. The Morgan fingerprint density at radius 1 is 1.14 bits per heavy atom. The minimum Gasteiger partial charge on any atom is -0.376 e. The molecular weight excluding hydrogens is 416 g/mol. The Hall–Kier alpha value is -2.42. The van der Waals surface area contributed by atoms with Crippen LogP contribution in [0.3, 0.4) is 0 Å². The van der Waals surface area contributed by atoms with E-state index >= 15 is 0 Å². The second-order valence-corrected chi connectivity index (χ2v) is 9.18. The van der Waals surface area contributed by atoms with Crippen LogP contribution in [-0.4, -0.2) is 45.7 Å². The minimum atomic E-state index is -3.50. The maximum Gasteiger partial charge on any atom is 0.257 e. The molecule has 2 aromatic carbocycles. The second kappa shape index (κ2) is 8.94. The summed E-state index contributed by atoms with van der Waals surface area (Å²) in [5.74, 6) is -0.952. The van der Waals surface area contributed by atoms with E-state index in [0.717, 1.165) is 19.1 Å². The predicted molar refractivity (Wildman–Crippen MR) is 110 cm³/mol. The van der Waals surface area contributed by atoms with Gasteiger partial charge in [-0.3, -0.25) is 9.59 Å². The molecule has 1 aliphatic heterocycles. The van der Waals surface area contributed by atoms with Crippen molar-refractivity contribution < 1.29 is 22.7 Å². The zero-order valence-electron chi connectivity index (χ0n) is 15.8. The Morgan fingerprint density at radius 3 is 2.59 bits per heavy atom. The summed E-state index contributed by atoms with van der Waals surface area (Å²) >= 11 is 6.08. The summed E-state index contributed by atoms with van der Waals surface area (Å²) in [5, 5.41) is 5.57.